The summed E-state index contributed by atoms with van der Waals surface area (Å²) in [6.07, 6.45) is 1.59. The second kappa shape index (κ2) is 7.44. The lowest BCUT2D eigenvalue weighted by atomic mass is 10.3. The molecule has 7 heteroatoms. The van der Waals surface area contributed by atoms with Crippen molar-refractivity contribution in [2.24, 2.45) is 0 Å². The molecule has 1 atom stereocenters. The number of aromatic nitrogens is 2. The van der Waals surface area contributed by atoms with Crippen molar-refractivity contribution >= 4 is 28.7 Å². The molecule has 0 unspecified atom stereocenters. The van der Waals surface area contributed by atoms with Gasteiger partial charge < -0.3 is 19.5 Å². The first-order valence-electron chi connectivity index (χ1n) is 7.75. The largest absolute Gasteiger partial charge is 0.494 e. The van der Waals surface area contributed by atoms with Gasteiger partial charge in [0.2, 0.25) is 5.91 Å². The zero-order valence-electron chi connectivity index (χ0n) is 13.5. The maximum absolute atomic E-state index is 12.2. The highest BCUT2D eigenvalue weighted by molar-refractivity contribution is 8.00. The average Bonchev–Trinajstić information content (AvgIpc) is 3.21. The Balaban J connectivity index is 1.61. The second-order valence-electron chi connectivity index (χ2n) is 5.21. The summed E-state index contributed by atoms with van der Waals surface area (Å²) in [7, 11) is 0. The van der Waals surface area contributed by atoms with Crippen molar-refractivity contribution in [3.8, 4) is 5.75 Å². The van der Waals surface area contributed by atoms with Crippen molar-refractivity contribution in [1.29, 1.82) is 0 Å². The first-order chi connectivity index (χ1) is 11.7. The van der Waals surface area contributed by atoms with E-state index in [0.29, 0.717) is 18.3 Å². The number of ether oxygens (including phenoxy) is 1. The van der Waals surface area contributed by atoms with Crippen molar-refractivity contribution in [3.63, 3.8) is 0 Å². The number of rotatable bonds is 7. The third-order valence-electron chi connectivity index (χ3n) is 3.42. The number of nitrogens with one attached hydrogen (secondary N) is 2. The van der Waals surface area contributed by atoms with Crippen LogP contribution >= 0.6 is 11.8 Å². The van der Waals surface area contributed by atoms with Gasteiger partial charge in [-0.1, -0.05) is 11.8 Å². The third-order valence-corrected chi connectivity index (χ3v) is 4.40. The van der Waals surface area contributed by atoms with Gasteiger partial charge in [-0.25, -0.2) is 4.98 Å². The van der Waals surface area contributed by atoms with Gasteiger partial charge in [-0.05, 0) is 38.1 Å². The molecule has 0 fully saturated rings. The van der Waals surface area contributed by atoms with E-state index in [-0.39, 0.29) is 11.2 Å². The molecule has 2 N–H and O–H groups in total. The number of nitrogens with zero attached hydrogens (tertiary/aromatic N) is 1. The highest BCUT2D eigenvalue weighted by Crippen LogP contribution is 2.26. The minimum absolute atomic E-state index is 0.0631. The number of fused-ring (bicyclic) bond motifs is 1. The maximum atomic E-state index is 12.2. The summed E-state index contributed by atoms with van der Waals surface area (Å²) < 4.78 is 10.7. The molecule has 2 aromatic heterocycles. The molecular formula is C17H19N3O3S. The van der Waals surface area contributed by atoms with Crippen LogP contribution in [0.2, 0.25) is 0 Å². The molecule has 0 radical (unpaired) electrons. The molecule has 0 aliphatic heterocycles. The van der Waals surface area contributed by atoms with Gasteiger partial charge in [0.25, 0.3) is 0 Å². The fraction of sp³-hybridized carbons (Fsp3) is 0.294. The highest BCUT2D eigenvalue weighted by atomic mass is 32.2. The molecule has 3 aromatic rings. The van der Waals surface area contributed by atoms with Crippen molar-refractivity contribution in [2.45, 2.75) is 30.8 Å². The number of H-pyrrole nitrogens is 1. The Labute approximate surface area is 144 Å². The number of aromatic amines is 1. The number of carbonyl (C=O) groups is 1. The standard InChI is InChI=1S/C17H19N3O3S/c1-3-22-12-6-7-14-15(9-12)20-17(19-14)24-11(2)16(21)18-10-13-5-4-8-23-13/h4-9,11H,3,10H2,1-2H3,(H,18,21)(H,19,20)/t11-/m1/s1. The molecule has 0 saturated heterocycles. The van der Waals surface area contributed by atoms with Gasteiger partial charge in [-0.3, -0.25) is 4.79 Å². The molecule has 126 valence electrons. The Morgan fingerprint density at radius 3 is 3.08 bits per heavy atom. The summed E-state index contributed by atoms with van der Waals surface area (Å²) in [5.74, 6) is 1.47. The summed E-state index contributed by atoms with van der Waals surface area (Å²) in [5, 5.41) is 3.29. The molecule has 1 aromatic carbocycles. The Morgan fingerprint density at radius 2 is 2.33 bits per heavy atom. The third kappa shape index (κ3) is 3.91. The Hall–Kier alpha value is -2.41. The van der Waals surface area contributed by atoms with E-state index in [4.69, 9.17) is 9.15 Å². The van der Waals surface area contributed by atoms with E-state index in [1.165, 1.54) is 11.8 Å². The van der Waals surface area contributed by atoms with E-state index in [1.807, 2.05) is 38.1 Å². The number of hydrogen-bond acceptors (Lipinski definition) is 5. The molecule has 0 bridgehead atoms. The lowest BCUT2D eigenvalue weighted by molar-refractivity contribution is -0.120. The van der Waals surface area contributed by atoms with Crippen LogP contribution in [0.3, 0.4) is 0 Å². The number of carbonyl (C=O) groups excluding carboxylic acids is 1. The Morgan fingerprint density at radius 1 is 1.46 bits per heavy atom. The van der Waals surface area contributed by atoms with Crippen LogP contribution in [0.4, 0.5) is 0 Å². The van der Waals surface area contributed by atoms with E-state index in [0.717, 1.165) is 22.5 Å². The predicted octanol–water partition coefficient (Wildman–Crippen LogP) is 3.35. The SMILES string of the molecule is CCOc1ccc2nc(S[C@H](C)C(=O)NCc3ccco3)[nH]c2c1. The van der Waals surface area contributed by atoms with Crippen LogP contribution in [-0.2, 0) is 11.3 Å². The van der Waals surface area contributed by atoms with Crippen molar-refractivity contribution in [2.75, 3.05) is 6.61 Å². The topological polar surface area (TPSA) is 80.2 Å². The van der Waals surface area contributed by atoms with Crippen molar-refractivity contribution in [1.82, 2.24) is 15.3 Å². The molecule has 0 aliphatic rings. The van der Waals surface area contributed by atoms with Gasteiger partial charge in [-0.2, -0.15) is 0 Å². The van der Waals surface area contributed by atoms with E-state index < -0.39 is 0 Å². The first-order valence-corrected chi connectivity index (χ1v) is 8.63. The smallest absolute Gasteiger partial charge is 0.233 e. The number of imidazole rings is 1. The summed E-state index contributed by atoms with van der Waals surface area (Å²) in [5.41, 5.74) is 1.75. The van der Waals surface area contributed by atoms with E-state index in [2.05, 4.69) is 15.3 Å². The molecule has 0 aliphatic carbocycles. The molecule has 3 rings (SSSR count). The normalized spacial score (nSPS) is 12.2. The van der Waals surface area contributed by atoms with Gasteiger partial charge in [-0.15, -0.1) is 0 Å². The highest BCUT2D eigenvalue weighted by Gasteiger charge is 2.16. The van der Waals surface area contributed by atoms with Crippen LogP contribution in [0.25, 0.3) is 11.0 Å². The molecule has 0 spiro atoms. The zero-order chi connectivity index (χ0) is 16.9. The van der Waals surface area contributed by atoms with Gasteiger partial charge in [0.15, 0.2) is 5.16 Å². The van der Waals surface area contributed by atoms with Crippen molar-refractivity contribution in [3.05, 3.63) is 42.4 Å². The van der Waals surface area contributed by atoms with Crippen LogP contribution in [0.1, 0.15) is 19.6 Å². The van der Waals surface area contributed by atoms with Gasteiger partial charge >= 0.3 is 0 Å². The van der Waals surface area contributed by atoms with Gasteiger partial charge in [0.1, 0.15) is 11.5 Å². The minimum Gasteiger partial charge on any atom is -0.494 e. The fourth-order valence-corrected chi connectivity index (χ4v) is 3.07. The quantitative estimate of drug-likeness (QED) is 0.642. The number of furan rings is 1. The Bertz CT molecular complexity index is 814. The van der Waals surface area contributed by atoms with Gasteiger partial charge in [0.05, 0.1) is 35.7 Å². The van der Waals surface area contributed by atoms with E-state index >= 15 is 0 Å². The van der Waals surface area contributed by atoms with E-state index in [9.17, 15) is 4.79 Å². The number of hydrogen-bond donors (Lipinski definition) is 2. The van der Waals surface area contributed by atoms with E-state index in [1.54, 1.807) is 12.3 Å². The summed E-state index contributed by atoms with van der Waals surface area (Å²) >= 11 is 1.38. The Kier molecular flexibility index (Phi) is 5.10. The summed E-state index contributed by atoms with van der Waals surface area (Å²) in [6.45, 7) is 4.80. The molecule has 1 amide bonds. The number of thioether (sulfide) groups is 1. The maximum Gasteiger partial charge on any atom is 0.233 e. The molecule has 0 saturated carbocycles. The first kappa shape index (κ1) is 16.4. The van der Waals surface area contributed by atoms with Crippen LogP contribution in [0, 0.1) is 0 Å². The number of benzene rings is 1. The number of amides is 1. The average molecular weight is 345 g/mol. The molecular weight excluding hydrogens is 326 g/mol. The van der Waals surface area contributed by atoms with Crippen LogP contribution < -0.4 is 10.1 Å². The lowest BCUT2D eigenvalue weighted by Gasteiger charge is -2.09. The second-order valence-corrected chi connectivity index (χ2v) is 6.54. The summed E-state index contributed by atoms with van der Waals surface area (Å²) in [6, 6.07) is 9.33. The predicted molar refractivity (Wildman–Crippen MR) is 93.1 cm³/mol. The monoisotopic (exact) mass is 345 g/mol. The summed E-state index contributed by atoms with van der Waals surface area (Å²) in [4.78, 5) is 19.9. The fourth-order valence-electron chi connectivity index (χ4n) is 2.23. The van der Waals surface area contributed by atoms with Gasteiger partial charge in [0, 0.05) is 6.07 Å². The zero-order valence-corrected chi connectivity index (χ0v) is 14.4. The minimum atomic E-state index is -0.271. The lowest BCUT2D eigenvalue weighted by Crippen LogP contribution is -2.30. The van der Waals surface area contributed by atoms with Crippen molar-refractivity contribution < 1.29 is 13.9 Å². The van der Waals surface area contributed by atoms with Crippen LogP contribution in [0.5, 0.6) is 5.75 Å². The molecule has 2 heterocycles. The molecule has 6 nitrogen and oxygen atoms in total. The van der Waals surface area contributed by atoms with Crippen LogP contribution in [-0.4, -0.2) is 27.7 Å². The van der Waals surface area contributed by atoms with Crippen LogP contribution in [0.15, 0.2) is 46.2 Å². The molecule has 24 heavy (non-hydrogen) atoms.